The molecule has 0 aliphatic carbocycles. The van der Waals surface area contributed by atoms with Crippen molar-refractivity contribution in [3.05, 3.63) is 66.0 Å². The van der Waals surface area contributed by atoms with Gasteiger partial charge in [0.05, 0.1) is 18.7 Å². The number of aliphatic hydroxyl groups is 1. The molecule has 236 valence electrons. The predicted octanol–water partition coefficient (Wildman–Crippen LogP) is 0.0972. The van der Waals surface area contributed by atoms with Gasteiger partial charge in [0.25, 0.3) is 0 Å². The number of hydrogen-bond donors (Lipinski definition) is 3. The number of carbonyl (C=O) groups excluding carboxylic acids is 4. The number of hydrogen-bond acceptors (Lipinski definition) is 8. The first-order valence-corrected chi connectivity index (χ1v) is 15.3. The lowest BCUT2D eigenvalue weighted by Crippen LogP contribution is -2.60. The Bertz CT molecular complexity index is 1310. The van der Waals surface area contributed by atoms with E-state index in [0.717, 1.165) is 11.1 Å². The molecule has 2 aromatic rings. The van der Waals surface area contributed by atoms with Gasteiger partial charge in [0, 0.05) is 52.1 Å². The largest absolute Gasteiger partial charge is 0.388 e. The third-order valence-corrected chi connectivity index (χ3v) is 8.89. The fourth-order valence-electron chi connectivity index (χ4n) is 6.22. The summed E-state index contributed by atoms with van der Waals surface area (Å²) in [5.41, 5.74) is 1.74. The second-order valence-corrected chi connectivity index (χ2v) is 12.0. The fourth-order valence-corrected chi connectivity index (χ4v) is 6.22. The maximum atomic E-state index is 13.7. The van der Waals surface area contributed by atoms with E-state index < -0.39 is 48.2 Å². The first-order chi connectivity index (χ1) is 21.2. The first-order valence-electron chi connectivity index (χ1n) is 15.3. The van der Waals surface area contributed by atoms with E-state index in [0.29, 0.717) is 39.0 Å². The molecule has 4 heterocycles. The van der Waals surface area contributed by atoms with Gasteiger partial charge in [-0.05, 0) is 43.4 Å². The first kappa shape index (κ1) is 31.6. The fraction of sp³-hybridized carbons (Fsp3) is 0.531. The number of nitrogens with zero attached hydrogens (tertiary/aromatic N) is 4. The highest BCUT2D eigenvalue weighted by atomic mass is 16.5. The minimum Gasteiger partial charge on any atom is -0.388 e. The lowest BCUT2D eigenvalue weighted by molar-refractivity contribution is -0.147. The molecule has 4 amide bonds. The average molecular weight is 607 g/mol. The highest BCUT2D eigenvalue weighted by Crippen LogP contribution is 2.23. The Morgan fingerprint density at radius 3 is 2.52 bits per heavy atom. The van der Waals surface area contributed by atoms with E-state index in [9.17, 15) is 24.3 Å². The van der Waals surface area contributed by atoms with Gasteiger partial charge < -0.3 is 30.3 Å². The van der Waals surface area contributed by atoms with Gasteiger partial charge >= 0.3 is 0 Å². The quantitative estimate of drug-likeness (QED) is 0.445. The van der Waals surface area contributed by atoms with Gasteiger partial charge in [-0.2, -0.15) is 0 Å². The van der Waals surface area contributed by atoms with Crippen LogP contribution in [-0.4, -0.2) is 118 Å². The molecule has 1 aromatic heterocycles. The lowest BCUT2D eigenvalue weighted by atomic mass is 9.97. The van der Waals surface area contributed by atoms with Gasteiger partial charge in [-0.3, -0.25) is 29.1 Å². The van der Waals surface area contributed by atoms with Crippen LogP contribution in [-0.2, 0) is 36.9 Å². The summed E-state index contributed by atoms with van der Waals surface area (Å²) in [6, 6.07) is 9.95. The predicted molar refractivity (Wildman–Crippen MR) is 161 cm³/mol. The molecule has 3 N–H and O–H groups in total. The number of carbonyl (C=O) groups is 4. The number of nitrogens with one attached hydrogen (secondary N) is 2. The van der Waals surface area contributed by atoms with Gasteiger partial charge in [0.1, 0.15) is 24.2 Å². The van der Waals surface area contributed by atoms with Crippen molar-refractivity contribution in [2.24, 2.45) is 0 Å². The summed E-state index contributed by atoms with van der Waals surface area (Å²) in [6.07, 6.45) is 3.46. The van der Waals surface area contributed by atoms with E-state index in [1.807, 2.05) is 47.4 Å². The van der Waals surface area contributed by atoms with Gasteiger partial charge in [-0.1, -0.05) is 36.4 Å². The zero-order valence-electron chi connectivity index (χ0n) is 25.3. The molecular weight excluding hydrogens is 564 g/mol. The van der Waals surface area contributed by atoms with Crippen LogP contribution in [0.1, 0.15) is 37.3 Å². The van der Waals surface area contributed by atoms with Crippen molar-refractivity contribution < 1.29 is 29.0 Å². The van der Waals surface area contributed by atoms with Crippen LogP contribution < -0.4 is 10.6 Å². The Hall–Kier alpha value is -3.87. The van der Waals surface area contributed by atoms with Crippen molar-refractivity contribution in [1.29, 1.82) is 0 Å². The average Bonchev–Trinajstić information content (AvgIpc) is 3.52. The van der Waals surface area contributed by atoms with E-state index >= 15 is 0 Å². The van der Waals surface area contributed by atoms with Crippen LogP contribution in [0.3, 0.4) is 0 Å². The Morgan fingerprint density at radius 2 is 1.77 bits per heavy atom. The normalized spacial score (nSPS) is 29.5. The van der Waals surface area contributed by atoms with E-state index in [1.54, 1.807) is 31.3 Å². The SMILES string of the molecule is C[C@H]1C(=O)N[C@@H](Cc2ccccc2)C(=O)N[C@H]2CCO[C@H](CN(Cc3cccnc3)CC(=O)N3CCC[C@H]3C(=O)N1C)[C@H]2O. The van der Waals surface area contributed by atoms with Crippen molar-refractivity contribution in [2.45, 2.75) is 75.5 Å². The monoisotopic (exact) mass is 606 g/mol. The number of pyridine rings is 1. The number of likely N-dealkylation sites (N-methyl/N-ethyl adjacent to an activating group) is 1. The molecule has 3 saturated heterocycles. The number of ether oxygens (including phenoxy) is 1. The molecule has 12 heteroatoms. The molecule has 3 aliphatic heterocycles. The van der Waals surface area contributed by atoms with Crippen molar-refractivity contribution in [3.8, 4) is 0 Å². The third kappa shape index (κ3) is 7.43. The summed E-state index contributed by atoms with van der Waals surface area (Å²) in [7, 11) is 1.56. The Balaban J connectivity index is 1.46. The van der Waals surface area contributed by atoms with Gasteiger partial charge in [-0.15, -0.1) is 0 Å². The second-order valence-electron chi connectivity index (χ2n) is 12.0. The van der Waals surface area contributed by atoms with E-state index in [-0.39, 0.29) is 31.3 Å². The van der Waals surface area contributed by atoms with Crippen LogP contribution in [0.25, 0.3) is 0 Å². The topological polar surface area (TPSA) is 144 Å². The number of aromatic nitrogens is 1. The van der Waals surface area contributed by atoms with Crippen LogP contribution in [0.4, 0.5) is 0 Å². The van der Waals surface area contributed by atoms with Crippen molar-refractivity contribution in [2.75, 3.05) is 33.3 Å². The zero-order chi connectivity index (χ0) is 31.2. The smallest absolute Gasteiger partial charge is 0.245 e. The molecule has 5 rings (SSSR count). The number of rotatable bonds is 4. The number of fused-ring (bicyclic) bond motifs is 3. The van der Waals surface area contributed by atoms with Crippen LogP contribution >= 0.6 is 0 Å². The van der Waals surface area contributed by atoms with Crippen molar-refractivity contribution >= 4 is 23.6 Å². The zero-order valence-corrected chi connectivity index (χ0v) is 25.3. The molecule has 44 heavy (non-hydrogen) atoms. The molecule has 1 aromatic carbocycles. The maximum absolute atomic E-state index is 13.7. The highest BCUT2D eigenvalue weighted by Gasteiger charge is 2.41. The molecule has 0 unspecified atom stereocenters. The molecule has 0 spiro atoms. The van der Waals surface area contributed by atoms with Crippen LogP contribution in [0.15, 0.2) is 54.9 Å². The third-order valence-electron chi connectivity index (χ3n) is 8.89. The minimum atomic E-state index is -1.05. The second kappa shape index (κ2) is 14.3. The standard InChI is InChI=1S/C32H42N6O6/c1-21-30(41)35-25(16-22-8-4-3-5-9-22)31(42)34-24-12-15-44-27(29(24)40)19-37(18-23-10-6-13-33-17-23)20-28(39)38-14-7-11-26(38)32(43)36(21)2/h3-6,8-10,13,17,21,24-27,29,40H,7,11-12,14-16,18-20H2,1-2H3,(H,34,42)(H,35,41)/t21-,24-,25-,26-,27+,29-/m0/s1. The molecule has 6 atom stereocenters. The van der Waals surface area contributed by atoms with Gasteiger partial charge in [-0.25, -0.2) is 0 Å². The van der Waals surface area contributed by atoms with E-state index in [4.69, 9.17) is 4.74 Å². The van der Waals surface area contributed by atoms with Crippen LogP contribution in [0.2, 0.25) is 0 Å². The van der Waals surface area contributed by atoms with Crippen LogP contribution in [0, 0.1) is 0 Å². The number of aliphatic hydroxyl groups excluding tert-OH is 1. The highest BCUT2D eigenvalue weighted by molar-refractivity contribution is 5.94. The molecule has 3 fully saturated rings. The van der Waals surface area contributed by atoms with Gasteiger partial charge in [0.15, 0.2) is 0 Å². The summed E-state index contributed by atoms with van der Waals surface area (Å²) in [6.45, 7) is 2.96. The molecule has 0 radical (unpaired) electrons. The van der Waals surface area contributed by atoms with Crippen LogP contribution in [0.5, 0.6) is 0 Å². The molecule has 12 nitrogen and oxygen atoms in total. The molecular formula is C32H42N6O6. The maximum Gasteiger partial charge on any atom is 0.245 e. The summed E-state index contributed by atoms with van der Waals surface area (Å²) < 4.78 is 5.98. The minimum absolute atomic E-state index is 0.00117. The van der Waals surface area contributed by atoms with E-state index in [2.05, 4.69) is 15.6 Å². The number of amides is 4. The summed E-state index contributed by atoms with van der Waals surface area (Å²) in [4.78, 5) is 63.6. The summed E-state index contributed by atoms with van der Waals surface area (Å²) >= 11 is 0. The van der Waals surface area contributed by atoms with Crippen molar-refractivity contribution in [3.63, 3.8) is 0 Å². The summed E-state index contributed by atoms with van der Waals surface area (Å²) in [5, 5.41) is 17.2. The van der Waals surface area contributed by atoms with E-state index in [1.165, 1.54) is 4.90 Å². The summed E-state index contributed by atoms with van der Waals surface area (Å²) in [5.74, 6) is -1.44. The Kier molecular flexibility index (Phi) is 10.2. The molecule has 0 saturated carbocycles. The van der Waals surface area contributed by atoms with Crippen molar-refractivity contribution in [1.82, 2.24) is 30.3 Å². The van der Waals surface area contributed by atoms with Gasteiger partial charge in [0.2, 0.25) is 23.6 Å². The molecule has 2 bridgehead atoms. The lowest BCUT2D eigenvalue weighted by Gasteiger charge is -2.38. The Labute approximate surface area is 257 Å². The molecule has 3 aliphatic rings. The Morgan fingerprint density at radius 1 is 1.00 bits per heavy atom. The number of benzene rings is 1.